The molecule has 0 aliphatic heterocycles. The number of carbonyl (C=O) groups is 2. The van der Waals surface area contributed by atoms with Gasteiger partial charge in [0.2, 0.25) is 0 Å². The maximum absolute atomic E-state index is 12.0. The summed E-state index contributed by atoms with van der Waals surface area (Å²) in [5, 5.41) is 11.7. The van der Waals surface area contributed by atoms with Crippen LogP contribution in [0.3, 0.4) is 0 Å². The van der Waals surface area contributed by atoms with Gasteiger partial charge in [0.05, 0.1) is 0 Å². The summed E-state index contributed by atoms with van der Waals surface area (Å²) in [5.74, 6) is 0. The van der Waals surface area contributed by atoms with Crippen LogP contribution >= 0.6 is 0 Å². The van der Waals surface area contributed by atoms with E-state index in [1.54, 1.807) is 0 Å². The van der Waals surface area contributed by atoms with Gasteiger partial charge >= 0.3 is 12.1 Å². The normalized spacial score (nSPS) is 11.1. The molecule has 280 valence electrons. The average Bonchev–Trinajstić information content (AvgIpc) is 3.07. The molecule has 0 aromatic carbocycles. The molecule has 4 amide bonds. The molecule has 0 heterocycles. The van der Waals surface area contributed by atoms with Gasteiger partial charge in [0.1, 0.15) is 0 Å². The Morgan fingerprint density at radius 1 is 0.255 bits per heavy atom. The molecule has 0 aliphatic carbocycles. The fourth-order valence-corrected chi connectivity index (χ4v) is 6.37. The van der Waals surface area contributed by atoms with Crippen LogP contribution in [0, 0.1) is 0 Å². The molecule has 6 nitrogen and oxygen atoms in total. The van der Waals surface area contributed by atoms with Crippen LogP contribution in [0.5, 0.6) is 0 Å². The predicted molar refractivity (Wildman–Crippen MR) is 207 cm³/mol. The van der Waals surface area contributed by atoms with E-state index in [0.717, 1.165) is 32.4 Å². The molecule has 6 heteroatoms. The van der Waals surface area contributed by atoms with Crippen LogP contribution in [0.15, 0.2) is 0 Å². The molecular weight excluding hydrogens is 580 g/mol. The van der Waals surface area contributed by atoms with E-state index >= 15 is 0 Å². The largest absolute Gasteiger partial charge is 0.338 e. The van der Waals surface area contributed by atoms with Crippen LogP contribution in [0.1, 0.15) is 226 Å². The maximum Gasteiger partial charge on any atom is 0.314 e. The Bertz CT molecular complexity index is 579. The van der Waals surface area contributed by atoms with Gasteiger partial charge in [-0.2, -0.15) is 0 Å². The van der Waals surface area contributed by atoms with Gasteiger partial charge < -0.3 is 21.3 Å². The van der Waals surface area contributed by atoms with Crippen molar-refractivity contribution in [2.24, 2.45) is 0 Å². The van der Waals surface area contributed by atoms with E-state index in [1.807, 2.05) is 0 Å². The molecule has 4 N–H and O–H groups in total. The van der Waals surface area contributed by atoms with Gasteiger partial charge in [-0.05, 0) is 19.3 Å². The summed E-state index contributed by atoms with van der Waals surface area (Å²) in [7, 11) is 0. The van der Waals surface area contributed by atoms with Crippen molar-refractivity contribution in [1.82, 2.24) is 21.3 Å². The second-order valence-corrected chi connectivity index (χ2v) is 14.3. The van der Waals surface area contributed by atoms with Gasteiger partial charge in [-0.1, -0.05) is 206 Å². The SMILES string of the molecule is CCCCCCCCCCCCCCCCCCNC(=O)NCCCNC(=O)NCCCCCCCCCCCCCCCCCC. The molecule has 0 aliphatic rings. The van der Waals surface area contributed by atoms with Crippen molar-refractivity contribution in [1.29, 1.82) is 0 Å². The average molecular weight is 665 g/mol. The Kier molecular flexibility index (Phi) is 39.4. The van der Waals surface area contributed by atoms with Crippen LogP contribution in [0.2, 0.25) is 0 Å². The minimum absolute atomic E-state index is 0.0982. The number of nitrogens with one attached hydrogen (secondary N) is 4. The number of urea groups is 2. The zero-order valence-electron chi connectivity index (χ0n) is 32.0. The lowest BCUT2D eigenvalue weighted by molar-refractivity contribution is 0.239. The highest BCUT2D eigenvalue weighted by Crippen LogP contribution is 2.15. The van der Waals surface area contributed by atoms with E-state index in [1.165, 1.54) is 193 Å². The third-order valence-corrected chi connectivity index (χ3v) is 9.56. The minimum Gasteiger partial charge on any atom is -0.338 e. The third-order valence-electron chi connectivity index (χ3n) is 9.56. The summed E-state index contributed by atoms with van der Waals surface area (Å²) in [5.41, 5.74) is 0. The number of carbonyl (C=O) groups excluding carboxylic acids is 2. The molecule has 0 saturated heterocycles. The van der Waals surface area contributed by atoms with Gasteiger partial charge in [-0.25, -0.2) is 9.59 Å². The number of rotatable bonds is 38. The number of amides is 4. The van der Waals surface area contributed by atoms with Crippen molar-refractivity contribution >= 4 is 12.1 Å². The van der Waals surface area contributed by atoms with Crippen LogP contribution in [0.4, 0.5) is 9.59 Å². The first-order valence-electron chi connectivity index (χ1n) is 21.2. The van der Waals surface area contributed by atoms with E-state index in [-0.39, 0.29) is 12.1 Å². The first-order chi connectivity index (χ1) is 23.2. The minimum atomic E-state index is -0.0982. The second-order valence-electron chi connectivity index (χ2n) is 14.3. The predicted octanol–water partition coefficient (Wildman–Crippen LogP) is 12.5. The van der Waals surface area contributed by atoms with Gasteiger partial charge in [0.25, 0.3) is 0 Å². The highest BCUT2D eigenvalue weighted by atomic mass is 16.2. The highest BCUT2D eigenvalue weighted by molar-refractivity contribution is 5.74. The quantitative estimate of drug-likeness (QED) is 0.0495. The summed E-state index contributed by atoms with van der Waals surface area (Å²) in [6.45, 7) is 7.20. The molecule has 0 aromatic rings. The van der Waals surface area contributed by atoms with E-state index in [2.05, 4.69) is 35.1 Å². The topological polar surface area (TPSA) is 82.3 Å². The van der Waals surface area contributed by atoms with Crippen molar-refractivity contribution in [2.45, 2.75) is 226 Å². The van der Waals surface area contributed by atoms with E-state index < -0.39 is 0 Å². The standard InChI is InChI=1S/C41H84N4O2/c1-3-5-7-9-11-13-15-17-19-21-23-25-27-29-31-33-36-42-40(46)44-38-35-39-45-41(47)43-37-34-32-30-28-26-24-22-20-18-16-14-12-10-8-6-4-2/h3-39H2,1-2H3,(H2,42,44,46)(H2,43,45,47). The lowest BCUT2D eigenvalue weighted by Crippen LogP contribution is -2.39. The van der Waals surface area contributed by atoms with Gasteiger partial charge in [0, 0.05) is 26.2 Å². The zero-order chi connectivity index (χ0) is 34.1. The third kappa shape index (κ3) is 40.6. The lowest BCUT2D eigenvalue weighted by atomic mass is 10.0. The van der Waals surface area contributed by atoms with Gasteiger partial charge in [-0.3, -0.25) is 0 Å². The molecule has 0 saturated carbocycles. The van der Waals surface area contributed by atoms with Crippen molar-refractivity contribution in [2.75, 3.05) is 26.2 Å². The van der Waals surface area contributed by atoms with Crippen LogP contribution in [-0.4, -0.2) is 38.2 Å². The van der Waals surface area contributed by atoms with Crippen molar-refractivity contribution in [3.63, 3.8) is 0 Å². The molecular formula is C41H84N4O2. The molecule has 47 heavy (non-hydrogen) atoms. The Labute approximate surface area is 294 Å². The lowest BCUT2D eigenvalue weighted by Gasteiger charge is -2.09. The summed E-state index contributed by atoms with van der Waals surface area (Å²) >= 11 is 0. The van der Waals surface area contributed by atoms with Crippen LogP contribution in [0.25, 0.3) is 0 Å². The van der Waals surface area contributed by atoms with Gasteiger partial charge in [-0.15, -0.1) is 0 Å². The van der Waals surface area contributed by atoms with E-state index in [0.29, 0.717) is 13.1 Å². The zero-order valence-corrected chi connectivity index (χ0v) is 32.0. The number of unbranched alkanes of at least 4 members (excludes halogenated alkanes) is 30. The molecule has 0 rings (SSSR count). The Hall–Kier alpha value is -1.46. The highest BCUT2D eigenvalue weighted by Gasteiger charge is 2.02. The second kappa shape index (κ2) is 40.7. The Morgan fingerprint density at radius 3 is 0.638 bits per heavy atom. The first-order valence-corrected chi connectivity index (χ1v) is 21.2. The maximum atomic E-state index is 12.0. The van der Waals surface area contributed by atoms with Crippen LogP contribution < -0.4 is 21.3 Å². The van der Waals surface area contributed by atoms with Crippen molar-refractivity contribution in [3.05, 3.63) is 0 Å². The Morgan fingerprint density at radius 2 is 0.426 bits per heavy atom. The molecule has 0 unspecified atom stereocenters. The summed E-state index contributed by atoms with van der Waals surface area (Å²) < 4.78 is 0. The monoisotopic (exact) mass is 665 g/mol. The Balaban J connectivity index is 3.24. The van der Waals surface area contributed by atoms with Crippen molar-refractivity contribution < 1.29 is 9.59 Å². The van der Waals surface area contributed by atoms with E-state index in [4.69, 9.17) is 0 Å². The molecule has 0 spiro atoms. The fourth-order valence-electron chi connectivity index (χ4n) is 6.37. The van der Waals surface area contributed by atoms with E-state index in [9.17, 15) is 9.59 Å². The first kappa shape index (κ1) is 45.5. The van der Waals surface area contributed by atoms with Crippen molar-refractivity contribution in [3.8, 4) is 0 Å². The molecule has 0 radical (unpaired) electrons. The fraction of sp³-hybridized carbons (Fsp3) is 0.951. The van der Waals surface area contributed by atoms with Crippen LogP contribution in [-0.2, 0) is 0 Å². The summed E-state index contributed by atoms with van der Waals surface area (Å²) in [6, 6.07) is -0.196. The summed E-state index contributed by atoms with van der Waals surface area (Å²) in [6.07, 6.45) is 44.2. The smallest absolute Gasteiger partial charge is 0.314 e. The molecule has 0 fully saturated rings. The van der Waals surface area contributed by atoms with Gasteiger partial charge in [0.15, 0.2) is 0 Å². The molecule has 0 atom stereocenters. The summed E-state index contributed by atoms with van der Waals surface area (Å²) in [4.78, 5) is 23.9. The molecule has 0 aromatic heterocycles. The molecule has 0 bridgehead atoms. The number of hydrogen-bond donors (Lipinski definition) is 4. The number of hydrogen-bond acceptors (Lipinski definition) is 2.